The zero-order valence-electron chi connectivity index (χ0n) is 18.3. The van der Waals surface area contributed by atoms with Gasteiger partial charge in [-0.05, 0) is 22.3 Å². The lowest BCUT2D eigenvalue weighted by Crippen LogP contribution is -2.22. The molecule has 0 heterocycles. The Morgan fingerprint density at radius 2 is 0.758 bits per heavy atom. The topological polar surface area (TPSA) is 17.1 Å². The lowest BCUT2D eigenvalue weighted by Gasteiger charge is -2.30. The molecule has 0 N–H and O–H groups in total. The molecule has 33 heavy (non-hydrogen) atoms. The van der Waals surface area contributed by atoms with Crippen LogP contribution < -0.4 is 10.6 Å². The van der Waals surface area contributed by atoms with Crippen LogP contribution in [0.5, 0.6) is 0 Å². The highest BCUT2D eigenvalue weighted by Gasteiger charge is 2.38. The molecular weight excluding hydrogens is 419 g/mol. The van der Waals surface area contributed by atoms with E-state index >= 15 is 4.57 Å². The van der Waals surface area contributed by atoms with Crippen molar-refractivity contribution >= 4 is 17.8 Å². The molecule has 1 atom stereocenters. The highest BCUT2D eigenvalue weighted by molar-refractivity contribution is 7.79. The van der Waals surface area contributed by atoms with E-state index in [1.807, 2.05) is 84.9 Å². The van der Waals surface area contributed by atoms with Gasteiger partial charge < -0.3 is 4.57 Å². The van der Waals surface area contributed by atoms with E-state index in [2.05, 4.69) is 60.7 Å². The zero-order chi connectivity index (χ0) is 22.5. The zero-order valence-corrected chi connectivity index (χ0v) is 19.2. The van der Waals surface area contributed by atoms with Gasteiger partial charge in [0.05, 0.1) is 5.66 Å². The molecule has 0 aromatic heterocycles. The Hall–Kier alpha value is -3.67. The Kier molecular flexibility index (Phi) is 6.07. The Bertz CT molecular complexity index is 1300. The van der Waals surface area contributed by atoms with Crippen molar-refractivity contribution in [2.24, 2.45) is 0 Å². The lowest BCUT2D eigenvalue weighted by molar-refractivity contribution is 0.582. The molecule has 2 heteroatoms. The summed E-state index contributed by atoms with van der Waals surface area (Å²) in [5.41, 5.74) is 4.15. The third-order valence-electron chi connectivity index (χ3n) is 6.09. The van der Waals surface area contributed by atoms with E-state index in [4.69, 9.17) is 0 Å². The molecule has 0 amide bonds. The van der Waals surface area contributed by atoms with E-state index in [0.29, 0.717) is 0 Å². The lowest BCUT2D eigenvalue weighted by atomic mass is 10.00. The minimum absolute atomic E-state index is 0.284. The predicted octanol–water partition coefficient (Wildman–Crippen LogP) is 7.46. The molecule has 5 aromatic carbocycles. The summed E-state index contributed by atoms with van der Waals surface area (Å²) in [6.45, 7) is 0. The van der Waals surface area contributed by atoms with Crippen molar-refractivity contribution in [3.8, 4) is 11.1 Å². The average Bonchev–Trinajstić information content (AvgIpc) is 2.91. The van der Waals surface area contributed by atoms with Crippen LogP contribution in [-0.4, -0.2) is 0 Å². The van der Waals surface area contributed by atoms with Gasteiger partial charge in [0.2, 0.25) is 0 Å². The van der Waals surface area contributed by atoms with E-state index < -0.39 is 7.14 Å². The second-order valence-corrected chi connectivity index (χ2v) is 11.0. The number of hydrogen-bond acceptors (Lipinski definition) is 1. The van der Waals surface area contributed by atoms with Crippen LogP contribution in [-0.2, 0) is 4.57 Å². The molecule has 0 bridgehead atoms. The molecular formula is C31H25OP. The number of rotatable bonds is 6. The van der Waals surface area contributed by atoms with Gasteiger partial charge in [-0.15, -0.1) is 0 Å². The molecule has 0 spiro atoms. The van der Waals surface area contributed by atoms with Crippen molar-refractivity contribution in [1.29, 1.82) is 0 Å². The summed E-state index contributed by atoms with van der Waals surface area (Å²) in [5.74, 6) is 0. The third-order valence-corrected chi connectivity index (χ3v) is 9.55. The van der Waals surface area contributed by atoms with Crippen molar-refractivity contribution < 1.29 is 4.57 Å². The van der Waals surface area contributed by atoms with Crippen molar-refractivity contribution in [2.75, 3.05) is 0 Å². The van der Waals surface area contributed by atoms with Gasteiger partial charge in [0.15, 0.2) is 7.14 Å². The fourth-order valence-corrected chi connectivity index (χ4v) is 7.79. The first-order chi connectivity index (χ1) is 16.3. The predicted molar refractivity (Wildman–Crippen MR) is 140 cm³/mol. The Balaban J connectivity index is 1.71. The van der Waals surface area contributed by atoms with Crippen LogP contribution >= 0.6 is 7.14 Å². The van der Waals surface area contributed by atoms with Gasteiger partial charge in [-0.2, -0.15) is 0 Å². The van der Waals surface area contributed by atoms with E-state index in [9.17, 15) is 0 Å². The molecule has 0 radical (unpaired) electrons. The maximum atomic E-state index is 15.3. The van der Waals surface area contributed by atoms with Crippen LogP contribution in [0.1, 0.15) is 16.8 Å². The second-order valence-electron chi connectivity index (χ2n) is 8.13. The van der Waals surface area contributed by atoms with Crippen molar-refractivity contribution in [1.82, 2.24) is 0 Å². The summed E-state index contributed by atoms with van der Waals surface area (Å²) < 4.78 is 15.3. The summed E-state index contributed by atoms with van der Waals surface area (Å²) in [4.78, 5) is 0. The maximum Gasteiger partial charge on any atom is 0.154 e. The molecule has 0 saturated heterocycles. The van der Waals surface area contributed by atoms with Crippen molar-refractivity contribution in [3.05, 3.63) is 157 Å². The number of hydrogen-bond donors (Lipinski definition) is 0. The quantitative estimate of drug-likeness (QED) is 0.249. The van der Waals surface area contributed by atoms with Crippen LogP contribution in [0.25, 0.3) is 11.1 Å². The first-order valence-electron chi connectivity index (χ1n) is 11.2. The first kappa shape index (κ1) is 21.2. The smallest absolute Gasteiger partial charge is 0.154 e. The summed E-state index contributed by atoms with van der Waals surface area (Å²) in [6.07, 6.45) is 0. The maximum absolute atomic E-state index is 15.3. The van der Waals surface area contributed by atoms with Gasteiger partial charge in [0, 0.05) is 10.6 Å². The van der Waals surface area contributed by atoms with Crippen LogP contribution in [0.3, 0.4) is 0 Å². The molecule has 1 nitrogen and oxygen atoms in total. The number of benzene rings is 5. The summed E-state index contributed by atoms with van der Waals surface area (Å²) in [5, 5.41) is 1.74. The SMILES string of the molecule is O=P(c1ccccc1)(c1ccccc1)C(c1ccccc1)c1ccc(-c2ccccc2)cc1. The van der Waals surface area contributed by atoms with Crippen LogP contribution in [0.4, 0.5) is 0 Å². The van der Waals surface area contributed by atoms with E-state index in [0.717, 1.165) is 27.3 Å². The highest BCUT2D eigenvalue weighted by Crippen LogP contribution is 2.60. The highest BCUT2D eigenvalue weighted by atomic mass is 31.2. The summed E-state index contributed by atoms with van der Waals surface area (Å²) >= 11 is 0. The summed E-state index contributed by atoms with van der Waals surface area (Å²) in [7, 11) is -3.07. The van der Waals surface area contributed by atoms with Crippen LogP contribution in [0, 0.1) is 0 Å². The Morgan fingerprint density at radius 3 is 1.24 bits per heavy atom. The Morgan fingerprint density at radius 1 is 0.394 bits per heavy atom. The second kappa shape index (κ2) is 9.45. The molecule has 0 aliphatic carbocycles. The van der Waals surface area contributed by atoms with Crippen LogP contribution in [0.2, 0.25) is 0 Å². The molecule has 160 valence electrons. The van der Waals surface area contributed by atoms with Crippen molar-refractivity contribution in [3.63, 3.8) is 0 Å². The average molecular weight is 445 g/mol. The molecule has 0 aliphatic heterocycles. The van der Waals surface area contributed by atoms with E-state index in [1.54, 1.807) is 0 Å². The van der Waals surface area contributed by atoms with Gasteiger partial charge in [-0.3, -0.25) is 0 Å². The molecule has 5 aromatic rings. The van der Waals surface area contributed by atoms with Gasteiger partial charge in [0.25, 0.3) is 0 Å². The molecule has 1 unspecified atom stereocenters. The largest absolute Gasteiger partial charge is 0.313 e. The van der Waals surface area contributed by atoms with E-state index in [1.165, 1.54) is 5.56 Å². The molecule has 0 saturated carbocycles. The molecule has 0 aliphatic rings. The standard InChI is InChI=1S/C31H25OP/c32-33(29-17-9-3-10-18-29,30-19-11-4-12-20-30)31(27-15-7-2-8-16-27)28-23-21-26(22-24-28)25-13-5-1-6-14-25/h1-24,31H. The minimum atomic E-state index is -3.07. The van der Waals surface area contributed by atoms with Gasteiger partial charge in [0.1, 0.15) is 0 Å². The van der Waals surface area contributed by atoms with Gasteiger partial charge in [-0.1, -0.05) is 146 Å². The Labute approximate surface area is 195 Å². The monoisotopic (exact) mass is 444 g/mol. The fourth-order valence-electron chi connectivity index (χ4n) is 4.48. The van der Waals surface area contributed by atoms with E-state index in [-0.39, 0.29) is 5.66 Å². The minimum Gasteiger partial charge on any atom is -0.313 e. The fraction of sp³-hybridized carbons (Fsp3) is 0.0323. The van der Waals surface area contributed by atoms with Gasteiger partial charge in [-0.25, -0.2) is 0 Å². The van der Waals surface area contributed by atoms with Crippen LogP contribution in [0.15, 0.2) is 146 Å². The summed E-state index contributed by atoms with van der Waals surface area (Å²) in [6, 6.07) is 49.0. The normalized spacial score (nSPS) is 12.2. The van der Waals surface area contributed by atoms with Crippen molar-refractivity contribution in [2.45, 2.75) is 5.66 Å². The van der Waals surface area contributed by atoms with Gasteiger partial charge >= 0.3 is 0 Å². The third kappa shape index (κ3) is 4.21. The first-order valence-corrected chi connectivity index (χ1v) is 13.0. The molecule has 5 rings (SSSR count). The molecule has 0 fully saturated rings.